The number of hydrogen-bond donors (Lipinski definition) is 1. The summed E-state index contributed by atoms with van der Waals surface area (Å²) in [6.45, 7) is 7.02. The van der Waals surface area contributed by atoms with E-state index in [1.807, 2.05) is 13.8 Å². The topological polar surface area (TPSA) is 81.7 Å². The van der Waals surface area contributed by atoms with E-state index in [0.717, 1.165) is 5.32 Å². The highest BCUT2D eigenvalue weighted by Gasteiger charge is 2.76. The minimum absolute atomic E-state index is 0.0161. The molecule has 1 unspecified atom stereocenters. The maximum Gasteiger partial charge on any atom is 0.460 e. The van der Waals surface area contributed by atoms with E-state index in [-0.39, 0.29) is 25.0 Å². The highest BCUT2D eigenvalue weighted by atomic mass is 19.4. The Morgan fingerprint density at radius 1 is 0.781 bits per heavy atom. The lowest BCUT2D eigenvalue weighted by Crippen LogP contribution is -2.61. The Hall–Kier alpha value is -2.08. The first-order valence-electron chi connectivity index (χ1n) is 9.89. The molecule has 0 aliphatic heterocycles. The molecule has 0 aliphatic carbocycles. The molecule has 0 aromatic rings. The first-order valence-corrected chi connectivity index (χ1v) is 9.89. The predicted octanol–water partition coefficient (Wildman–Crippen LogP) is 4.26. The summed E-state index contributed by atoms with van der Waals surface area (Å²) < 4.78 is 99.9. The highest BCUT2D eigenvalue weighted by molar-refractivity contribution is 5.89. The Bertz CT molecular complexity index is 636. The fourth-order valence-corrected chi connectivity index (χ4v) is 2.06. The highest BCUT2D eigenvalue weighted by Crippen LogP contribution is 2.46. The summed E-state index contributed by atoms with van der Waals surface area (Å²) in [5, 5.41) is 1.15. The molecule has 13 heteroatoms. The summed E-state index contributed by atoms with van der Waals surface area (Å²) in [7, 11) is 0. The molecule has 0 heterocycles. The Morgan fingerprint density at radius 2 is 1.25 bits per heavy atom. The molecule has 1 N–H and O–H groups in total. The van der Waals surface area contributed by atoms with Crippen LogP contribution in [0.2, 0.25) is 0 Å². The Kier molecular flexibility index (Phi) is 11.4. The molecule has 0 fully saturated rings. The van der Waals surface area contributed by atoms with Gasteiger partial charge in [-0.3, -0.25) is 9.59 Å². The van der Waals surface area contributed by atoms with Crippen molar-refractivity contribution in [3.05, 3.63) is 0 Å². The van der Waals surface area contributed by atoms with Crippen LogP contribution in [0.1, 0.15) is 53.4 Å². The van der Waals surface area contributed by atoms with Gasteiger partial charge in [-0.05, 0) is 31.1 Å². The van der Waals surface area contributed by atoms with Crippen LogP contribution in [0.4, 0.5) is 30.7 Å². The zero-order valence-electron chi connectivity index (χ0n) is 18.2. The third-order valence-corrected chi connectivity index (χ3v) is 4.16. The molecule has 0 aliphatic rings. The van der Waals surface area contributed by atoms with E-state index < -0.39 is 54.8 Å². The molecule has 0 aromatic heterocycles. The molecule has 6 nitrogen and oxygen atoms in total. The van der Waals surface area contributed by atoms with Gasteiger partial charge < -0.3 is 14.8 Å². The minimum atomic E-state index is -6.72. The number of ether oxygens (including phenoxy) is 2. The average Bonchev–Trinajstić information content (AvgIpc) is 2.62. The fourth-order valence-electron chi connectivity index (χ4n) is 2.06. The number of alkyl halides is 7. The minimum Gasteiger partial charge on any atom is -0.466 e. The second kappa shape index (κ2) is 12.2. The molecule has 0 spiro atoms. The molecular weight excluding hydrogens is 455 g/mol. The van der Waals surface area contributed by atoms with Crippen LogP contribution in [0.15, 0.2) is 0 Å². The second-order valence-corrected chi connectivity index (χ2v) is 7.96. The number of carbonyl (C=O) groups excluding carboxylic acids is 3. The summed E-state index contributed by atoms with van der Waals surface area (Å²) in [6, 6.07) is -2.07. The Balaban J connectivity index is 5.31. The smallest absolute Gasteiger partial charge is 0.460 e. The van der Waals surface area contributed by atoms with E-state index in [1.165, 1.54) is 0 Å². The number of hydrogen-bond acceptors (Lipinski definition) is 5. The van der Waals surface area contributed by atoms with Crippen molar-refractivity contribution in [1.82, 2.24) is 5.32 Å². The van der Waals surface area contributed by atoms with Crippen molar-refractivity contribution in [2.24, 2.45) is 11.8 Å². The largest absolute Gasteiger partial charge is 0.466 e. The van der Waals surface area contributed by atoms with E-state index in [0.29, 0.717) is 12.8 Å². The predicted molar refractivity (Wildman–Crippen MR) is 97.9 cm³/mol. The van der Waals surface area contributed by atoms with Crippen LogP contribution in [0.3, 0.4) is 0 Å². The molecule has 0 saturated carbocycles. The van der Waals surface area contributed by atoms with Gasteiger partial charge in [-0.2, -0.15) is 30.7 Å². The molecule has 188 valence electrons. The van der Waals surface area contributed by atoms with Crippen molar-refractivity contribution in [1.29, 1.82) is 0 Å². The van der Waals surface area contributed by atoms with Crippen molar-refractivity contribution in [2.75, 3.05) is 13.2 Å². The number of rotatable bonds is 13. The third-order valence-electron chi connectivity index (χ3n) is 4.16. The van der Waals surface area contributed by atoms with Crippen LogP contribution in [0.25, 0.3) is 0 Å². The Labute approximate surface area is 181 Å². The molecule has 1 amide bonds. The fraction of sp³-hybridized carbons (Fsp3) is 0.842. The Morgan fingerprint density at radius 3 is 1.69 bits per heavy atom. The van der Waals surface area contributed by atoms with E-state index in [9.17, 15) is 45.1 Å². The first kappa shape index (κ1) is 29.9. The van der Waals surface area contributed by atoms with Crippen molar-refractivity contribution in [2.45, 2.75) is 77.4 Å². The molecule has 0 saturated heterocycles. The lowest BCUT2D eigenvalue weighted by molar-refractivity contribution is -0.344. The van der Waals surface area contributed by atoms with Crippen LogP contribution >= 0.6 is 0 Å². The summed E-state index contributed by atoms with van der Waals surface area (Å²) in [6.07, 6.45) is -7.21. The van der Waals surface area contributed by atoms with Gasteiger partial charge in [0.1, 0.15) is 6.04 Å². The van der Waals surface area contributed by atoms with Crippen LogP contribution in [-0.4, -0.2) is 55.1 Å². The monoisotopic (exact) mass is 483 g/mol. The lowest BCUT2D eigenvalue weighted by atomic mass is 10.1. The van der Waals surface area contributed by atoms with Crippen molar-refractivity contribution in [3.63, 3.8) is 0 Å². The van der Waals surface area contributed by atoms with E-state index in [4.69, 9.17) is 9.47 Å². The standard InChI is InChI=1S/C19H28F7NO5/c1-11(2)7-9-31-14(28)6-5-13(15(29)32-10-8-12(3)4)27-16(30)17(20,21)18(22,23)19(24,25)26/h11-13H,5-10H2,1-4H3,(H,27,30). The van der Waals surface area contributed by atoms with Gasteiger partial charge in [-0.1, -0.05) is 27.7 Å². The van der Waals surface area contributed by atoms with Crippen molar-refractivity contribution >= 4 is 17.8 Å². The normalized spacial score (nSPS) is 13.8. The van der Waals surface area contributed by atoms with Gasteiger partial charge in [0.25, 0.3) is 5.91 Å². The molecule has 0 bridgehead atoms. The van der Waals surface area contributed by atoms with Gasteiger partial charge in [0, 0.05) is 6.42 Å². The number of esters is 2. The third kappa shape index (κ3) is 9.19. The number of nitrogens with one attached hydrogen (secondary N) is 1. The quantitative estimate of drug-likeness (QED) is 0.313. The SMILES string of the molecule is CC(C)CCOC(=O)CCC(NC(=O)C(F)(F)C(F)(F)C(F)(F)F)C(=O)OCCC(C)C. The lowest BCUT2D eigenvalue weighted by Gasteiger charge is -2.28. The maximum atomic E-state index is 13.6. The van der Waals surface area contributed by atoms with Crippen LogP contribution in [-0.2, 0) is 23.9 Å². The number of amides is 1. The van der Waals surface area contributed by atoms with Gasteiger partial charge in [-0.25, -0.2) is 4.79 Å². The van der Waals surface area contributed by atoms with Crippen LogP contribution in [0.5, 0.6) is 0 Å². The summed E-state index contributed by atoms with van der Waals surface area (Å²) in [5.74, 6) is -17.9. The molecular formula is C19H28F7NO5. The van der Waals surface area contributed by atoms with Gasteiger partial charge in [0.2, 0.25) is 0 Å². The molecule has 1 atom stereocenters. The molecule has 0 rings (SSSR count). The zero-order valence-corrected chi connectivity index (χ0v) is 18.2. The van der Waals surface area contributed by atoms with Crippen molar-refractivity contribution in [3.8, 4) is 0 Å². The first-order chi connectivity index (χ1) is 14.4. The molecule has 0 aromatic carbocycles. The second-order valence-electron chi connectivity index (χ2n) is 7.96. The van der Waals surface area contributed by atoms with Gasteiger partial charge in [0.05, 0.1) is 13.2 Å². The maximum absolute atomic E-state index is 13.6. The zero-order chi connectivity index (χ0) is 25.3. The number of halogens is 7. The van der Waals surface area contributed by atoms with Gasteiger partial charge >= 0.3 is 30.0 Å². The van der Waals surface area contributed by atoms with Crippen LogP contribution in [0, 0.1) is 11.8 Å². The van der Waals surface area contributed by atoms with E-state index in [1.54, 1.807) is 13.8 Å². The van der Waals surface area contributed by atoms with E-state index in [2.05, 4.69) is 0 Å². The number of carbonyl (C=O) groups is 3. The molecule has 32 heavy (non-hydrogen) atoms. The van der Waals surface area contributed by atoms with E-state index >= 15 is 0 Å². The molecule has 0 radical (unpaired) electrons. The summed E-state index contributed by atoms with van der Waals surface area (Å²) in [4.78, 5) is 35.4. The average molecular weight is 483 g/mol. The van der Waals surface area contributed by atoms with Crippen LogP contribution < -0.4 is 5.32 Å². The van der Waals surface area contributed by atoms with Crippen molar-refractivity contribution < 1.29 is 54.6 Å². The summed E-state index contributed by atoms with van der Waals surface area (Å²) >= 11 is 0. The van der Waals surface area contributed by atoms with Gasteiger partial charge in [-0.15, -0.1) is 0 Å². The van der Waals surface area contributed by atoms with Gasteiger partial charge in [0.15, 0.2) is 0 Å². The summed E-state index contributed by atoms with van der Waals surface area (Å²) in [5.41, 5.74) is 0.